The van der Waals surface area contributed by atoms with Crippen molar-refractivity contribution in [1.29, 1.82) is 0 Å². The summed E-state index contributed by atoms with van der Waals surface area (Å²) in [5.74, 6) is 1.39. The van der Waals surface area contributed by atoms with Crippen molar-refractivity contribution in [3.05, 3.63) is 29.8 Å². The summed E-state index contributed by atoms with van der Waals surface area (Å²) in [6.07, 6.45) is 2.51. The van der Waals surface area contributed by atoms with Crippen LogP contribution >= 0.6 is 24.0 Å². The Hall–Kier alpha value is -1.02. The fourth-order valence-corrected chi connectivity index (χ4v) is 2.92. The van der Waals surface area contributed by atoms with E-state index in [1.807, 2.05) is 31.2 Å². The van der Waals surface area contributed by atoms with E-state index in [0.717, 1.165) is 24.4 Å². The molecular weight excluding hydrogens is 403 g/mol. The van der Waals surface area contributed by atoms with Gasteiger partial charge in [-0.2, -0.15) is 0 Å². The predicted molar refractivity (Wildman–Crippen MR) is 107 cm³/mol. The van der Waals surface area contributed by atoms with Gasteiger partial charge >= 0.3 is 0 Å². The first-order valence-electron chi connectivity index (χ1n) is 8.23. The van der Waals surface area contributed by atoms with Gasteiger partial charge in [0.05, 0.1) is 13.2 Å². The van der Waals surface area contributed by atoms with Gasteiger partial charge in [-0.3, -0.25) is 4.90 Å². The van der Waals surface area contributed by atoms with Crippen molar-refractivity contribution in [3.8, 4) is 5.75 Å². The van der Waals surface area contributed by atoms with Gasteiger partial charge in [0.2, 0.25) is 0 Å². The van der Waals surface area contributed by atoms with Crippen molar-refractivity contribution < 1.29 is 4.74 Å². The Kier molecular flexibility index (Phi) is 9.31. The minimum Gasteiger partial charge on any atom is -0.494 e. The SMILES string of the molecule is CCOc1ccccc1CN=C(N)NCC1CCCN1CC.I. The van der Waals surface area contributed by atoms with Gasteiger partial charge in [-0.25, -0.2) is 4.99 Å². The summed E-state index contributed by atoms with van der Waals surface area (Å²) in [7, 11) is 0. The zero-order valence-corrected chi connectivity index (χ0v) is 16.5. The van der Waals surface area contributed by atoms with Crippen LogP contribution in [-0.2, 0) is 6.54 Å². The van der Waals surface area contributed by atoms with Crippen LogP contribution in [0, 0.1) is 0 Å². The molecular formula is C17H29IN4O. The Morgan fingerprint density at radius 2 is 2.17 bits per heavy atom. The maximum absolute atomic E-state index is 5.99. The number of hydrogen-bond acceptors (Lipinski definition) is 3. The molecule has 6 heteroatoms. The molecule has 2 rings (SSSR count). The first kappa shape index (κ1) is 20.0. The van der Waals surface area contributed by atoms with Crippen LogP contribution in [0.2, 0.25) is 0 Å². The summed E-state index contributed by atoms with van der Waals surface area (Å²) in [5, 5.41) is 3.26. The van der Waals surface area contributed by atoms with Gasteiger partial charge in [0.15, 0.2) is 5.96 Å². The number of benzene rings is 1. The van der Waals surface area contributed by atoms with Crippen molar-refractivity contribution in [2.45, 2.75) is 39.3 Å². The monoisotopic (exact) mass is 432 g/mol. The average Bonchev–Trinajstić information content (AvgIpc) is 3.00. The lowest BCUT2D eigenvalue weighted by Crippen LogP contribution is -2.42. The number of likely N-dealkylation sites (tertiary alicyclic amines) is 1. The summed E-state index contributed by atoms with van der Waals surface area (Å²) < 4.78 is 5.60. The Balaban J connectivity index is 0.00000264. The van der Waals surface area contributed by atoms with Crippen molar-refractivity contribution in [2.24, 2.45) is 10.7 Å². The number of nitrogens with zero attached hydrogens (tertiary/aromatic N) is 2. The molecule has 0 aliphatic carbocycles. The molecule has 1 aromatic carbocycles. The molecule has 3 N–H and O–H groups in total. The van der Waals surface area contributed by atoms with E-state index in [2.05, 4.69) is 22.1 Å². The highest BCUT2D eigenvalue weighted by molar-refractivity contribution is 14.0. The zero-order valence-electron chi connectivity index (χ0n) is 14.1. The molecule has 1 aliphatic rings. The van der Waals surface area contributed by atoms with Crippen molar-refractivity contribution in [2.75, 3.05) is 26.2 Å². The van der Waals surface area contributed by atoms with Gasteiger partial charge in [0.25, 0.3) is 0 Å². The summed E-state index contributed by atoms with van der Waals surface area (Å²) in [6.45, 7) is 8.56. The topological polar surface area (TPSA) is 62.9 Å². The number of nitrogens with one attached hydrogen (secondary N) is 1. The van der Waals surface area contributed by atoms with Gasteiger partial charge in [0.1, 0.15) is 5.75 Å². The maximum atomic E-state index is 5.99. The minimum absolute atomic E-state index is 0. The Bertz CT molecular complexity index is 495. The van der Waals surface area contributed by atoms with E-state index >= 15 is 0 Å². The van der Waals surface area contributed by atoms with Crippen LogP contribution < -0.4 is 15.8 Å². The van der Waals surface area contributed by atoms with Gasteiger partial charge in [-0.05, 0) is 38.9 Å². The highest BCUT2D eigenvalue weighted by atomic mass is 127. The quantitative estimate of drug-likeness (QED) is 0.395. The molecule has 23 heavy (non-hydrogen) atoms. The molecule has 1 aliphatic heterocycles. The van der Waals surface area contributed by atoms with E-state index in [1.54, 1.807) is 0 Å². The third kappa shape index (κ3) is 6.18. The maximum Gasteiger partial charge on any atom is 0.188 e. The molecule has 1 saturated heterocycles. The number of halogens is 1. The summed E-state index contributed by atoms with van der Waals surface area (Å²) in [6, 6.07) is 8.54. The molecule has 0 bridgehead atoms. The van der Waals surface area contributed by atoms with E-state index in [1.165, 1.54) is 19.4 Å². The van der Waals surface area contributed by atoms with Crippen molar-refractivity contribution in [3.63, 3.8) is 0 Å². The van der Waals surface area contributed by atoms with Crippen LogP contribution in [0.5, 0.6) is 5.75 Å². The van der Waals surface area contributed by atoms with Crippen LogP contribution in [0.4, 0.5) is 0 Å². The second-order valence-electron chi connectivity index (χ2n) is 5.55. The highest BCUT2D eigenvalue weighted by Gasteiger charge is 2.22. The number of para-hydroxylation sites is 1. The summed E-state index contributed by atoms with van der Waals surface area (Å²) in [4.78, 5) is 6.92. The third-order valence-corrected chi connectivity index (χ3v) is 4.12. The van der Waals surface area contributed by atoms with E-state index in [4.69, 9.17) is 10.5 Å². The number of likely N-dealkylation sites (N-methyl/N-ethyl adjacent to an activating group) is 1. The number of rotatable bonds is 7. The largest absolute Gasteiger partial charge is 0.494 e. The fourth-order valence-electron chi connectivity index (χ4n) is 2.92. The number of ether oxygens (including phenoxy) is 1. The van der Waals surface area contributed by atoms with Crippen molar-refractivity contribution >= 4 is 29.9 Å². The lowest BCUT2D eigenvalue weighted by atomic mass is 10.2. The van der Waals surface area contributed by atoms with E-state index in [-0.39, 0.29) is 24.0 Å². The molecule has 0 radical (unpaired) electrons. The van der Waals surface area contributed by atoms with Crippen LogP contribution in [0.15, 0.2) is 29.3 Å². The second-order valence-corrected chi connectivity index (χ2v) is 5.55. The van der Waals surface area contributed by atoms with Crippen LogP contribution in [-0.4, -0.2) is 43.1 Å². The fraction of sp³-hybridized carbons (Fsp3) is 0.588. The molecule has 1 atom stereocenters. The lowest BCUT2D eigenvalue weighted by Gasteiger charge is -2.23. The number of hydrogen-bond donors (Lipinski definition) is 2. The predicted octanol–water partition coefficient (Wildman–Crippen LogP) is 2.59. The normalized spacial score (nSPS) is 18.5. The smallest absolute Gasteiger partial charge is 0.188 e. The molecule has 1 unspecified atom stereocenters. The highest BCUT2D eigenvalue weighted by Crippen LogP contribution is 2.18. The molecule has 130 valence electrons. The number of nitrogens with two attached hydrogens (primary N) is 1. The van der Waals surface area contributed by atoms with E-state index in [0.29, 0.717) is 25.2 Å². The molecule has 1 aromatic rings. The molecule has 0 spiro atoms. The molecule has 1 fully saturated rings. The Morgan fingerprint density at radius 1 is 1.39 bits per heavy atom. The van der Waals surface area contributed by atoms with E-state index < -0.39 is 0 Å². The van der Waals surface area contributed by atoms with Gasteiger partial charge in [-0.1, -0.05) is 25.1 Å². The van der Waals surface area contributed by atoms with E-state index in [9.17, 15) is 0 Å². The van der Waals surface area contributed by atoms with Gasteiger partial charge < -0.3 is 15.8 Å². The Morgan fingerprint density at radius 3 is 2.91 bits per heavy atom. The first-order chi connectivity index (χ1) is 10.7. The second kappa shape index (κ2) is 10.7. The molecule has 5 nitrogen and oxygen atoms in total. The molecule has 1 heterocycles. The van der Waals surface area contributed by atoms with Gasteiger partial charge in [-0.15, -0.1) is 24.0 Å². The molecule has 0 amide bonds. The standard InChI is InChI=1S/C17H28N4O.HI/c1-3-21-11-7-9-15(21)13-20-17(18)19-12-14-8-5-6-10-16(14)22-4-2;/h5-6,8,10,15H,3-4,7,9,11-13H2,1-2H3,(H3,18,19,20);1H. The van der Waals surface area contributed by atoms with Crippen LogP contribution in [0.1, 0.15) is 32.3 Å². The van der Waals surface area contributed by atoms with Gasteiger partial charge in [0, 0.05) is 18.2 Å². The number of aliphatic imine (C=N–C) groups is 1. The minimum atomic E-state index is 0. The molecule has 0 saturated carbocycles. The molecule has 0 aromatic heterocycles. The average molecular weight is 432 g/mol. The summed E-state index contributed by atoms with van der Waals surface area (Å²) in [5.41, 5.74) is 7.05. The third-order valence-electron chi connectivity index (χ3n) is 4.12. The van der Waals surface area contributed by atoms with Crippen LogP contribution in [0.3, 0.4) is 0 Å². The van der Waals surface area contributed by atoms with Crippen LogP contribution in [0.25, 0.3) is 0 Å². The Labute approximate surface area is 156 Å². The van der Waals surface area contributed by atoms with Crippen molar-refractivity contribution in [1.82, 2.24) is 10.2 Å². The summed E-state index contributed by atoms with van der Waals surface area (Å²) >= 11 is 0. The first-order valence-corrected chi connectivity index (χ1v) is 8.23. The number of guanidine groups is 1. The lowest BCUT2D eigenvalue weighted by molar-refractivity contribution is 0.267. The zero-order chi connectivity index (χ0) is 15.8.